The Balaban J connectivity index is 1.98. The summed E-state index contributed by atoms with van der Waals surface area (Å²) >= 11 is 0. The number of nitrogens with one attached hydrogen (secondary N) is 1. The number of rotatable bonds is 3. The van der Waals surface area contributed by atoms with Gasteiger partial charge in [0.1, 0.15) is 0 Å². The highest BCUT2D eigenvalue weighted by molar-refractivity contribution is 6.11. The van der Waals surface area contributed by atoms with Crippen LogP contribution >= 0.6 is 0 Å². The van der Waals surface area contributed by atoms with Crippen molar-refractivity contribution in [2.24, 2.45) is 5.73 Å². The number of nitrogens with zero attached hydrogens (tertiary/aromatic N) is 1. The third kappa shape index (κ3) is 2.07. The number of carbonyl (C=O) groups excluding carboxylic acids is 1. The van der Waals surface area contributed by atoms with E-state index in [1.165, 1.54) is 0 Å². The fourth-order valence-corrected chi connectivity index (χ4v) is 3.55. The predicted molar refractivity (Wildman–Crippen MR) is 97.5 cm³/mol. The van der Waals surface area contributed by atoms with Crippen molar-refractivity contribution in [2.75, 3.05) is 6.54 Å². The molecule has 0 radical (unpaired) electrons. The summed E-state index contributed by atoms with van der Waals surface area (Å²) in [7, 11) is 0. The number of hydrogen-bond donors (Lipinski definition) is 2. The number of aromatic amines is 1. The summed E-state index contributed by atoms with van der Waals surface area (Å²) in [4.78, 5) is 16.5. The van der Waals surface area contributed by atoms with E-state index in [0.717, 1.165) is 39.5 Å². The average molecular weight is 317 g/mol. The molecule has 0 aliphatic rings. The lowest BCUT2D eigenvalue weighted by atomic mass is 10.1. The highest BCUT2D eigenvalue weighted by Crippen LogP contribution is 2.28. The van der Waals surface area contributed by atoms with E-state index in [-0.39, 0.29) is 5.91 Å². The molecule has 0 spiro atoms. The van der Waals surface area contributed by atoms with Crippen molar-refractivity contribution in [1.82, 2.24) is 9.55 Å². The van der Waals surface area contributed by atoms with Crippen LogP contribution < -0.4 is 5.73 Å². The van der Waals surface area contributed by atoms with Crippen molar-refractivity contribution in [3.63, 3.8) is 0 Å². The van der Waals surface area contributed by atoms with Crippen LogP contribution in [0, 0.1) is 6.92 Å². The van der Waals surface area contributed by atoms with Gasteiger partial charge in [0.15, 0.2) is 0 Å². The van der Waals surface area contributed by atoms with Crippen molar-refractivity contribution < 1.29 is 4.79 Å². The fourth-order valence-electron chi connectivity index (χ4n) is 3.55. The van der Waals surface area contributed by atoms with Gasteiger partial charge in [-0.2, -0.15) is 0 Å². The summed E-state index contributed by atoms with van der Waals surface area (Å²) < 4.78 is 1.82. The van der Waals surface area contributed by atoms with Crippen LogP contribution in [0.25, 0.3) is 21.8 Å². The first-order valence-electron chi connectivity index (χ1n) is 8.12. The highest BCUT2D eigenvalue weighted by Gasteiger charge is 2.20. The fraction of sp³-hybridized carbons (Fsp3) is 0.150. The summed E-state index contributed by atoms with van der Waals surface area (Å²) in [5.41, 5.74) is 10.5. The molecule has 4 aromatic rings. The highest BCUT2D eigenvalue weighted by atomic mass is 16.2. The van der Waals surface area contributed by atoms with Gasteiger partial charge >= 0.3 is 0 Å². The largest absolute Gasteiger partial charge is 0.361 e. The standard InChI is InChI=1S/C20H19N3O/c1-13-14(9-11-21)16-5-2-3-8-19(16)23(13)20(24)17-6-4-7-18-15(17)10-12-22-18/h2-8,10,12,22H,9,11,21H2,1H3. The molecule has 3 N–H and O–H groups in total. The molecular weight excluding hydrogens is 298 g/mol. The van der Waals surface area contributed by atoms with E-state index in [1.807, 2.05) is 60.2 Å². The van der Waals surface area contributed by atoms with E-state index in [4.69, 9.17) is 5.73 Å². The lowest BCUT2D eigenvalue weighted by molar-refractivity contribution is 0.0964. The maximum absolute atomic E-state index is 13.3. The van der Waals surface area contributed by atoms with Gasteiger partial charge in [-0.1, -0.05) is 24.3 Å². The molecule has 0 aliphatic heterocycles. The van der Waals surface area contributed by atoms with Crippen molar-refractivity contribution in [3.8, 4) is 0 Å². The van der Waals surface area contributed by atoms with Crippen LogP contribution in [0.5, 0.6) is 0 Å². The first-order valence-corrected chi connectivity index (χ1v) is 8.12. The summed E-state index contributed by atoms with van der Waals surface area (Å²) in [5, 5.41) is 2.05. The van der Waals surface area contributed by atoms with Crippen LogP contribution in [0.1, 0.15) is 21.6 Å². The number of carbonyl (C=O) groups is 1. The molecule has 4 heteroatoms. The van der Waals surface area contributed by atoms with Gasteiger partial charge in [-0.05, 0) is 49.7 Å². The molecule has 2 aromatic heterocycles. The van der Waals surface area contributed by atoms with Crippen molar-refractivity contribution in [2.45, 2.75) is 13.3 Å². The van der Waals surface area contributed by atoms with E-state index in [9.17, 15) is 4.79 Å². The van der Waals surface area contributed by atoms with Crippen molar-refractivity contribution in [3.05, 3.63) is 71.5 Å². The maximum Gasteiger partial charge on any atom is 0.263 e. The Hall–Kier alpha value is -2.85. The summed E-state index contributed by atoms with van der Waals surface area (Å²) in [6.07, 6.45) is 2.63. The number of benzene rings is 2. The van der Waals surface area contributed by atoms with Crippen LogP contribution in [-0.4, -0.2) is 22.0 Å². The Labute approximate surface area is 139 Å². The number of H-pyrrole nitrogens is 1. The normalized spacial score (nSPS) is 11.4. The van der Waals surface area contributed by atoms with E-state index in [2.05, 4.69) is 11.1 Å². The zero-order valence-electron chi connectivity index (χ0n) is 13.5. The van der Waals surface area contributed by atoms with Crippen LogP contribution in [-0.2, 0) is 6.42 Å². The SMILES string of the molecule is Cc1c(CCN)c2ccccc2n1C(=O)c1cccc2[nH]ccc12. The Bertz CT molecular complexity index is 1060. The Kier molecular flexibility index (Phi) is 3.47. The maximum atomic E-state index is 13.3. The Morgan fingerprint density at radius 1 is 1.08 bits per heavy atom. The zero-order chi connectivity index (χ0) is 16.7. The number of nitrogens with two attached hydrogens (primary N) is 1. The van der Waals surface area contributed by atoms with E-state index < -0.39 is 0 Å². The van der Waals surface area contributed by atoms with E-state index >= 15 is 0 Å². The topological polar surface area (TPSA) is 63.8 Å². The quantitative estimate of drug-likeness (QED) is 0.606. The molecular formula is C20H19N3O. The second-order valence-electron chi connectivity index (χ2n) is 6.00. The van der Waals surface area contributed by atoms with Crippen molar-refractivity contribution >= 4 is 27.7 Å². The molecule has 24 heavy (non-hydrogen) atoms. The second kappa shape index (κ2) is 5.65. The molecule has 0 fully saturated rings. The number of fused-ring (bicyclic) bond motifs is 2. The van der Waals surface area contributed by atoms with Gasteiger partial charge in [-0.3, -0.25) is 9.36 Å². The van der Waals surface area contributed by atoms with Gasteiger partial charge in [0.05, 0.1) is 5.52 Å². The number of hydrogen-bond acceptors (Lipinski definition) is 2. The third-order valence-electron chi connectivity index (χ3n) is 4.67. The van der Waals surface area contributed by atoms with E-state index in [0.29, 0.717) is 12.1 Å². The average Bonchev–Trinajstić information content (AvgIpc) is 3.18. The Morgan fingerprint density at radius 3 is 2.75 bits per heavy atom. The molecule has 0 saturated carbocycles. The molecule has 0 bridgehead atoms. The molecule has 2 aromatic carbocycles. The summed E-state index contributed by atoms with van der Waals surface area (Å²) in [5.74, 6) is -0.00262. The molecule has 0 saturated heterocycles. The minimum atomic E-state index is -0.00262. The summed E-state index contributed by atoms with van der Waals surface area (Å²) in [6, 6.07) is 15.8. The van der Waals surface area contributed by atoms with Crippen LogP contribution in [0.15, 0.2) is 54.7 Å². The molecule has 4 nitrogen and oxygen atoms in total. The lowest BCUT2D eigenvalue weighted by Crippen LogP contribution is -2.14. The molecule has 0 aliphatic carbocycles. The monoisotopic (exact) mass is 317 g/mol. The third-order valence-corrected chi connectivity index (χ3v) is 4.67. The van der Waals surface area contributed by atoms with Gasteiger partial charge in [-0.15, -0.1) is 0 Å². The molecule has 0 atom stereocenters. The molecule has 2 heterocycles. The number of para-hydroxylation sites is 1. The van der Waals surface area contributed by atoms with Crippen LogP contribution in [0.3, 0.4) is 0 Å². The first kappa shape index (κ1) is 14.7. The lowest BCUT2D eigenvalue weighted by Gasteiger charge is -2.09. The minimum absolute atomic E-state index is 0.00262. The zero-order valence-corrected chi connectivity index (χ0v) is 13.5. The second-order valence-corrected chi connectivity index (χ2v) is 6.00. The molecule has 0 amide bonds. The van der Waals surface area contributed by atoms with Gasteiger partial charge in [0.25, 0.3) is 5.91 Å². The molecule has 0 unspecified atom stereocenters. The van der Waals surface area contributed by atoms with Gasteiger partial charge in [-0.25, -0.2) is 0 Å². The van der Waals surface area contributed by atoms with Crippen LogP contribution in [0.2, 0.25) is 0 Å². The minimum Gasteiger partial charge on any atom is -0.361 e. The summed E-state index contributed by atoms with van der Waals surface area (Å²) in [6.45, 7) is 2.57. The molecule has 4 rings (SSSR count). The van der Waals surface area contributed by atoms with Gasteiger partial charge < -0.3 is 10.7 Å². The smallest absolute Gasteiger partial charge is 0.263 e. The van der Waals surface area contributed by atoms with Crippen molar-refractivity contribution in [1.29, 1.82) is 0 Å². The first-order chi connectivity index (χ1) is 11.7. The van der Waals surface area contributed by atoms with E-state index in [1.54, 1.807) is 0 Å². The van der Waals surface area contributed by atoms with Gasteiger partial charge in [0, 0.05) is 33.7 Å². The Morgan fingerprint density at radius 2 is 1.92 bits per heavy atom. The number of aromatic nitrogens is 2. The van der Waals surface area contributed by atoms with Crippen LogP contribution in [0.4, 0.5) is 0 Å². The predicted octanol–water partition coefficient (Wildman–Crippen LogP) is 3.62. The molecule has 120 valence electrons. The van der Waals surface area contributed by atoms with Gasteiger partial charge in [0.2, 0.25) is 0 Å².